The molecule has 1 aromatic rings. The van der Waals surface area contributed by atoms with Crippen LogP contribution in [0.2, 0.25) is 0 Å². The average molecular weight is 330 g/mol. The molecule has 0 aliphatic heterocycles. The Morgan fingerprint density at radius 2 is 1.70 bits per heavy atom. The van der Waals surface area contributed by atoms with Gasteiger partial charge in [0.05, 0.1) is 0 Å². The summed E-state index contributed by atoms with van der Waals surface area (Å²) in [6.07, 6.45) is -4.48. The topological polar surface area (TPSA) is 58.2 Å². The standard InChI is InChI=1S/C16H21F3N2O2/c1-10-7-5-6-8-12(10)9-11(2)20-13(22)15(3,4)21-14(23)16(17,18)19/h5-8,11H,9H2,1-4H3,(H,20,22)(H,21,23)/t11-/m1/s1. The van der Waals surface area contributed by atoms with Crippen LogP contribution < -0.4 is 10.6 Å². The van der Waals surface area contributed by atoms with E-state index in [4.69, 9.17) is 0 Å². The molecule has 0 unspecified atom stereocenters. The lowest BCUT2D eigenvalue weighted by Crippen LogP contribution is -2.58. The molecule has 23 heavy (non-hydrogen) atoms. The molecule has 0 aliphatic carbocycles. The van der Waals surface area contributed by atoms with Crippen LogP contribution in [0.15, 0.2) is 24.3 Å². The van der Waals surface area contributed by atoms with Crippen molar-refractivity contribution in [3.8, 4) is 0 Å². The van der Waals surface area contributed by atoms with E-state index in [0.29, 0.717) is 6.42 Å². The SMILES string of the molecule is Cc1ccccc1C[C@@H](C)NC(=O)C(C)(C)NC(=O)C(F)(F)F. The molecule has 1 atom stereocenters. The summed E-state index contributed by atoms with van der Waals surface area (Å²) in [6.45, 7) is 6.16. The zero-order chi connectivity index (χ0) is 17.8. The number of amides is 2. The quantitative estimate of drug-likeness (QED) is 0.871. The van der Waals surface area contributed by atoms with Gasteiger partial charge in [0.2, 0.25) is 5.91 Å². The molecule has 4 nitrogen and oxygen atoms in total. The zero-order valence-electron chi connectivity index (χ0n) is 13.5. The number of hydrogen-bond acceptors (Lipinski definition) is 2. The largest absolute Gasteiger partial charge is 0.471 e. The van der Waals surface area contributed by atoms with Crippen LogP contribution >= 0.6 is 0 Å². The van der Waals surface area contributed by atoms with E-state index in [1.165, 1.54) is 13.8 Å². The molecule has 0 aliphatic rings. The van der Waals surface area contributed by atoms with Crippen LogP contribution in [0.1, 0.15) is 31.9 Å². The van der Waals surface area contributed by atoms with Crippen LogP contribution in [0.4, 0.5) is 13.2 Å². The maximum atomic E-state index is 12.3. The number of rotatable bonds is 5. The number of halogens is 3. The van der Waals surface area contributed by atoms with Crippen molar-refractivity contribution in [3.05, 3.63) is 35.4 Å². The van der Waals surface area contributed by atoms with Crippen molar-refractivity contribution in [3.63, 3.8) is 0 Å². The summed E-state index contributed by atoms with van der Waals surface area (Å²) < 4.78 is 36.9. The summed E-state index contributed by atoms with van der Waals surface area (Å²) in [4.78, 5) is 23.1. The number of nitrogens with one attached hydrogen (secondary N) is 2. The van der Waals surface area contributed by atoms with Crippen molar-refractivity contribution in [2.75, 3.05) is 0 Å². The lowest BCUT2D eigenvalue weighted by atomic mass is 10.00. The third-order valence-electron chi connectivity index (χ3n) is 3.42. The Hall–Kier alpha value is -2.05. The lowest BCUT2D eigenvalue weighted by Gasteiger charge is -2.27. The minimum Gasteiger partial charge on any atom is -0.351 e. The number of aryl methyl sites for hydroxylation is 1. The molecule has 7 heteroatoms. The van der Waals surface area contributed by atoms with E-state index in [2.05, 4.69) is 5.32 Å². The van der Waals surface area contributed by atoms with Crippen molar-refractivity contribution in [2.24, 2.45) is 0 Å². The van der Waals surface area contributed by atoms with Gasteiger partial charge in [-0.3, -0.25) is 9.59 Å². The highest BCUT2D eigenvalue weighted by atomic mass is 19.4. The maximum Gasteiger partial charge on any atom is 0.471 e. The molecule has 0 bridgehead atoms. The fraction of sp³-hybridized carbons (Fsp3) is 0.500. The molecule has 0 saturated heterocycles. The Bertz CT molecular complexity index is 583. The highest BCUT2D eigenvalue weighted by molar-refractivity contribution is 5.92. The number of alkyl halides is 3. The average Bonchev–Trinajstić information content (AvgIpc) is 2.39. The molecule has 0 heterocycles. The van der Waals surface area contributed by atoms with Gasteiger partial charge in [0.25, 0.3) is 0 Å². The van der Waals surface area contributed by atoms with Gasteiger partial charge in [-0.05, 0) is 45.2 Å². The molecule has 128 valence electrons. The van der Waals surface area contributed by atoms with E-state index < -0.39 is 23.5 Å². The van der Waals surface area contributed by atoms with E-state index in [1.807, 2.05) is 31.2 Å². The normalized spacial score (nSPS) is 13.3. The zero-order valence-corrected chi connectivity index (χ0v) is 13.5. The summed E-state index contributed by atoms with van der Waals surface area (Å²) in [6, 6.07) is 7.36. The lowest BCUT2D eigenvalue weighted by molar-refractivity contribution is -0.176. The summed E-state index contributed by atoms with van der Waals surface area (Å²) >= 11 is 0. The number of carbonyl (C=O) groups excluding carboxylic acids is 2. The molecule has 0 spiro atoms. The van der Waals surface area contributed by atoms with Crippen molar-refractivity contribution >= 4 is 11.8 Å². The van der Waals surface area contributed by atoms with Crippen LogP contribution in [0.25, 0.3) is 0 Å². The second-order valence-electron chi connectivity index (χ2n) is 6.08. The van der Waals surface area contributed by atoms with Crippen molar-refractivity contribution in [1.82, 2.24) is 10.6 Å². The first-order chi connectivity index (χ1) is 10.4. The van der Waals surface area contributed by atoms with Gasteiger partial charge >= 0.3 is 12.1 Å². The summed E-state index contributed by atoms with van der Waals surface area (Å²) in [5, 5.41) is 4.33. The van der Waals surface area contributed by atoms with Gasteiger partial charge in [0.15, 0.2) is 0 Å². The Balaban J connectivity index is 2.67. The monoisotopic (exact) mass is 330 g/mol. The first-order valence-corrected chi connectivity index (χ1v) is 7.18. The van der Waals surface area contributed by atoms with Crippen molar-refractivity contribution in [1.29, 1.82) is 0 Å². The molecule has 0 fully saturated rings. The molecule has 0 radical (unpaired) electrons. The van der Waals surface area contributed by atoms with Crippen LogP contribution in [0.3, 0.4) is 0 Å². The number of benzene rings is 1. The van der Waals surface area contributed by atoms with Gasteiger partial charge in [-0.2, -0.15) is 13.2 Å². The van der Waals surface area contributed by atoms with E-state index in [9.17, 15) is 22.8 Å². The smallest absolute Gasteiger partial charge is 0.351 e. The summed E-state index contributed by atoms with van der Waals surface area (Å²) in [7, 11) is 0. The summed E-state index contributed by atoms with van der Waals surface area (Å²) in [5.74, 6) is -2.81. The highest BCUT2D eigenvalue weighted by Crippen LogP contribution is 2.17. The highest BCUT2D eigenvalue weighted by Gasteiger charge is 2.43. The van der Waals surface area contributed by atoms with Gasteiger partial charge in [0.1, 0.15) is 5.54 Å². The van der Waals surface area contributed by atoms with Gasteiger partial charge in [-0.25, -0.2) is 0 Å². The second-order valence-corrected chi connectivity index (χ2v) is 6.08. The molecular formula is C16H21F3N2O2. The Labute approximate surface area is 133 Å². The minimum atomic E-state index is -5.02. The fourth-order valence-electron chi connectivity index (χ4n) is 2.04. The van der Waals surface area contributed by atoms with E-state index in [-0.39, 0.29) is 6.04 Å². The molecule has 0 saturated carbocycles. The van der Waals surface area contributed by atoms with E-state index in [1.54, 1.807) is 12.2 Å². The van der Waals surface area contributed by atoms with Crippen LogP contribution in [0, 0.1) is 6.92 Å². The molecular weight excluding hydrogens is 309 g/mol. The molecule has 2 N–H and O–H groups in total. The molecule has 1 aromatic carbocycles. The van der Waals surface area contributed by atoms with E-state index in [0.717, 1.165) is 11.1 Å². The predicted molar refractivity (Wildman–Crippen MR) is 80.8 cm³/mol. The predicted octanol–water partition coefficient (Wildman–Crippen LogP) is 2.50. The third-order valence-corrected chi connectivity index (χ3v) is 3.42. The molecule has 1 rings (SSSR count). The summed E-state index contributed by atoms with van der Waals surface area (Å²) in [5.41, 5.74) is 0.447. The van der Waals surface area contributed by atoms with Crippen molar-refractivity contribution in [2.45, 2.75) is 51.9 Å². The van der Waals surface area contributed by atoms with E-state index >= 15 is 0 Å². The van der Waals surface area contributed by atoms with Crippen molar-refractivity contribution < 1.29 is 22.8 Å². The minimum absolute atomic E-state index is 0.286. The van der Waals surface area contributed by atoms with Crippen LogP contribution in [-0.2, 0) is 16.0 Å². The third kappa shape index (κ3) is 5.58. The van der Waals surface area contributed by atoms with Gasteiger partial charge < -0.3 is 10.6 Å². The molecule has 0 aromatic heterocycles. The Morgan fingerprint density at radius 3 is 2.22 bits per heavy atom. The first kappa shape index (κ1) is 19.0. The van der Waals surface area contributed by atoms with Gasteiger partial charge in [-0.15, -0.1) is 0 Å². The Morgan fingerprint density at radius 1 is 1.13 bits per heavy atom. The Kier molecular flexibility index (Phi) is 5.80. The van der Waals surface area contributed by atoms with Gasteiger partial charge in [-0.1, -0.05) is 24.3 Å². The fourth-order valence-corrected chi connectivity index (χ4v) is 2.04. The van der Waals surface area contributed by atoms with Crippen LogP contribution in [0.5, 0.6) is 0 Å². The number of carbonyl (C=O) groups is 2. The van der Waals surface area contributed by atoms with Gasteiger partial charge in [0, 0.05) is 6.04 Å². The second kappa shape index (κ2) is 7.02. The maximum absolute atomic E-state index is 12.3. The first-order valence-electron chi connectivity index (χ1n) is 7.18. The van der Waals surface area contributed by atoms with Crippen LogP contribution in [-0.4, -0.2) is 29.6 Å². The molecule has 2 amide bonds. The number of hydrogen-bond donors (Lipinski definition) is 2.